The largest absolute Gasteiger partial charge is 0.394 e. The van der Waals surface area contributed by atoms with Crippen LogP contribution in [0.4, 0.5) is 5.69 Å². The summed E-state index contributed by atoms with van der Waals surface area (Å²) in [6.45, 7) is 6.71. The Kier molecular flexibility index (Phi) is 3.92. The SMILES string of the molecule is CC(C)(C)c1ccccc1N1C(=O)COCC1CO. The van der Waals surface area contributed by atoms with Crippen LogP contribution in [0.2, 0.25) is 0 Å². The first-order valence-corrected chi connectivity index (χ1v) is 6.55. The van der Waals surface area contributed by atoms with Gasteiger partial charge in [-0.25, -0.2) is 0 Å². The number of amides is 1. The maximum absolute atomic E-state index is 12.1. The van der Waals surface area contributed by atoms with Crippen LogP contribution in [0.1, 0.15) is 26.3 Å². The van der Waals surface area contributed by atoms with Crippen molar-refractivity contribution < 1.29 is 14.6 Å². The lowest BCUT2D eigenvalue weighted by Crippen LogP contribution is -2.52. The molecule has 1 aromatic carbocycles. The number of carbonyl (C=O) groups is 1. The van der Waals surface area contributed by atoms with Crippen LogP contribution in [0.3, 0.4) is 0 Å². The number of anilines is 1. The van der Waals surface area contributed by atoms with E-state index in [9.17, 15) is 9.90 Å². The van der Waals surface area contributed by atoms with Gasteiger partial charge in [-0.15, -0.1) is 0 Å². The van der Waals surface area contributed by atoms with Crippen molar-refractivity contribution in [2.75, 3.05) is 24.7 Å². The fourth-order valence-corrected chi connectivity index (χ4v) is 2.41. The number of aliphatic hydroxyl groups is 1. The summed E-state index contributed by atoms with van der Waals surface area (Å²) in [6, 6.07) is 7.56. The van der Waals surface area contributed by atoms with Crippen LogP contribution in [-0.4, -0.2) is 36.9 Å². The van der Waals surface area contributed by atoms with Gasteiger partial charge in [-0.05, 0) is 17.0 Å². The van der Waals surface area contributed by atoms with Gasteiger partial charge in [0.25, 0.3) is 5.91 Å². The average Bonchev–Trinajstić information content (AvgIpc) is 2.37. The number of nitrogens with zero attached hydrogens (tertiary/aromatic N) is 1. The molecule has 1 heterocycles. The summed E-state index contributed by atoms with van der Waals surface area (Å²) in [4.78, 5) is 13.8. The number of carbonyl (C=O) groups excluding carboxylic acids is 1. The normalized spacial score (nSPS) is 20.7. The van der Waals surface area contributed by atoms with Gasteiger partial charge in [-0.3, -0.25) is 4.79 Å². The van der Waals surface area contributed by atoms with Gasteiger partial charge in [0.2, 0.25) is 0 Å². The predicted molar refractivity (Wildman–Crippen MR) is 74.3 cm³/mol. The molecule has 1 amide bonds. The Morgan fingerprint density at radius 3 is 2.68 bits per heavy atom. The fourth-order valence-electron chi connectivity index (χ4n) is 2.41. The summed E-state index contributed by atoms with van der Waals surface area (Å²) < 4.78 is 5.21. The van der Waals surface area contributed by atoms with Gasteiger partial charge in [0, 0.05) is 5.69 Å². The second-order valence-corrected chi connectivity index (χ2v) is 5.88. The van der Waals surface area contributed by atoms with Gasteiger partial charge in [0.05, 0.1) is 19.3 Å². The van der Waals surface area contributed by atoms with Crippen LogP contribution in [0.15, 0.2) is 24.3 Å². The Balaban J connectivity index is 2.47. The minimum Gasteiger partial charge on any atom is -0.394 e. The zero-order valence-corrected chi connectivity index (χ0v) is 11.7. The number of benzene rings is 1. The quantitative estimate of drug-likeness (QED) is 0.883. The molecule has 1 aliphatic rings. The highest BCUT2D eigenvalue weighted by atomic mass is 16.5. The fraction of sp³-hybridized carbons (Fsp3) is 0.533. The molecule has 1 saturated heterocycles. The molecule has 19 heavy (non-hydrogen) atoms. The summed E-state index contributed by atoms with van der Waals surface area (Å²) in [5.74, 6) is -0.0954. The van der Waals surface area contributed by atoms with E-state index in [1.54, 1.807) is 4.90 Å². The molecule has 1 aromatic rings. The van der Waals surface area contributed by atoms with E-state index in [4.69, 9.17) is 4.74 Å². The standard InChI is InChI=1S/C15H21NO3/c1-15(2,3)12-6-4-5-7-13(12)16-11(8-17)9-19-10-14(16)18/h4-7,11,17H,8-10H2,1-3H3. The third-order valence-electron chi connectivity index (χ3n) is 3.35. The summed E-state index contributed by atoms with van der Waals surface area (Å²) in [6.07, 6.45) is 0. The first-order chi connectivity index (χ1) is 8.95. The van der Waals surface area contributed by atoms with Crippen molar-refractivity contribution >= 4 is 11.6 Å². The van der Waals surface area contributed by atoms with Crippen molar-refractivity contribution in [1.82, 2.24) is 0 Å². The molecule has 0 saturated carbocycles. The van der Waals surface area contributed by atoms with E-state index in [0.29, 0.717) is 6.61 Å². The Bertz CT molecular complexity index is 465. The van der Waals surface area contributed by atoms with Crippen molar-refractivity contribution in [3.8, 4) is 0 Å². The van der Waals surface area contributed by atoms with E-state index in [2.05, 4.69) is 20.8 Å². The molecule has 0 spiro atoms. The molecule has 0 aliphatic carbocycles. The molecule has 2 rings (SSSR count). The second-order valence-electron chi connectivity index (χ2n) is 5.88. The zero-order valence-electron chi connectivity index (χ0n) is 11.7. The number of hydrogen-bond donors (Lipinski definition) is 1. The van der Waals surface area contributed by atoms with Crippen molar-refractivity contribution in [1.29, 1.82) is 0 Å². The molecule has 1 fully saturated rings. The molecule has 4 nitrogen and oxygen atoms in total. The number of rotatable bonds is 2. The Hall–Kier alpha value is -1.39. The van der Waals surface area contributed by atoms with Crippen LogP contribution in [0.25, 0.3) is 0 Å². The third-order valence-corrected chi connectivity index (χ3v) is 3.35. The Labute approximate surface area is 114 Å². The molecule has 0 aromatic heterocycles. The van der Waals surface area contributed by atoms with Crippen LogP contribution >= 0.6 is 0 Å². The topological polar surface area (TPSA) is 49.8 Å². The molecule has 0 bridgehead atoms. The molecule has 104 valence electrons. The molecule has 1 atom stereocenters. The molecular formula is C15H21NO3. The van der Waals surface area contributed by atoms with Crippen LogP contribution < -0.4 is 4.90 Å². The molecule has 1 N–H and O–H groups in total. The van der Waals surface area contributed by atoms with Crippen LogP contribution in [0.5, 0.6) is 0 Å². The number of hydrogen-bond acceptors (Lipinski definition) is 3. The zero-order chi connectivity index (χ0) is 14.0. The van der Waals surface area contributed by atoms with Crippen molar-refractivity contribution in [2.24, 2.45) is 0 Å². The van der Waals surface area contributed by atoms with Crippen molar-refractivity contribution in [3.05, 3.63) is 29.8 Å². The number of morpholine rings is 1. The lowest BCUT2D eigenvalue weighted by Gasteiger charge is -2.37. The van der Waals surface area contributed by atoms with Crippen LogP contribution in [-0.2, 0) is 14.9 Å². The maximum Gasteiger partial charge on any atom is 0.253 e. The monoisotopic (exact) mass is 263 g/mol. The third kappa shape index (κ3) is 2.80. The van der Waals surface area contributed by atoms with Gasteiger partial charge in [0.15, 0.2) is 0 Å². The average molecular weight is 263 g/mol. The lowest BCUT2D eigenvalue weighted by atomic mass is 9.85. The van der Waals surface area contributed by atoms with Gasteiger partial charge >= 0.3 is 0 Å². The molecule has 4 heteroatoms. The lowest BCUT2D eigenvalue weighted by molar-refractivity contribution is -0.128. The first-order valence-electron chi connectivity index (χ1n) is 6.55. The highest BCUT2D eigenvalue weighted by molar-refractivity contribution is 5.96. The predicted octanol–water partition coefficient (Wildman–Crippen LogP) is 1.71. The Morgan fingerprint density at radius 1 is 1.37 bits per heavy atom. The van der Waals surface area contributed by atoms with E-state index < -0.39 is 0 Å². The smallest absolute Gasteiger partial charge is 0.253 e. The molecule has 1 unspecified atom stereocenters. The highest BCUT2D eigenvalue weighted by Gasteiger charge is 2.32. The molecule has 0 radical (unpaired) electrons. The minimum absolute atomic E-state index is 0.0603. The maximum atomic E-state index is 12.1. The van der Waals surface area contributed by atoms with E-state index >= 15 is 0 Å². The Morgan fingerprint density at radius 2 is 2.05 bits per heavy atom. The van der Waals surface area contributed by atoms with E-state index in [-0.39, 0.29) is 30.6 Å². The summed E-state index contributed by atoms with van der Waals surface area (Å²) in [7, 11) is 0. The van der Waals surface area contributed by atoms with Crippen molar-refractivity contribution in [3.63, 3.8) is 0 Å². The van der Waals surface area contributed by atoms with E-state index in [0.717, 1.165) is 11.3 Å². The van der Waals surface area contributed by atoms with Crippen LogP contribution in [0, 0.1) is 0 Å². The summed E-state index contributed by atoms with van der Waals surface area (Å²) in [5, 5.41) is 9.46. The number of ether oxygens (including phenoxy) is 1. The number of aliphatic hydroxyl groups excluding tert-OH is 1. The van der Waals surface area contributed by atoms with Gasteiger partial charge in [-0.2, -0.15) is 0 Å². The molecule has 1 aliphatic heterocycles. The first kappa shape index (κ1) is 14.0. The van der Waals surface area contributed by atoms with Crippen molar-refractivity contribution in [2.45, 2.75) is 32.2 Å². The highest BCUT2D eigenvalue weighted by Crippen LogP contribution is 2.33. The van der Waals surface area contributed by atoms with E-state index in [1.165, 1.54) is 0 Å². The number of para-hydroxylation sites is 1. The van der Waals surface area contributed by atoms with Gasteiger partial charge in [-0.1, -0.05) is 39.0 Å². The van der Waals surface area contributed by atoms with Gasteiger partial charge in [0.1, 0.15) is 6.61 Å². The van der Waals surface area contributed by atoms with E-state index in [1.807, 2.05) is 24.3 Å². The summed E-state index contributed by atoms with van der Waals surface area (Å²) in [5.41, 5.74) is 1.92. The second kappa shape index (κ2) is 5.31. The van der Waals surface area contributed by atoms with Gasteiger partial charge < -0.3 is 14.7 Å². The molecular weight excluding hydrogens is 242 g/mol. The minimum atomic E-state index is -0.301. The summed E-state index contributed by atoms with van der Waals surface area (Å²) >= 11 is 0.